The Balaban J connectivity index is 2.03. The highest BCUT2D eigenvalue weighted by molar-refractivity contribution is 7.09. The second-order valence-electron chi connectivity index (χ2n) is 4.02. The van der Waals surface area contributed by atoms with E-state index in [1.54, 1.807) is 30.4 Å². The SMILES string of the molecule is CCOC(=O)c1cccc(NCc2scnc2C)c1. The van der Waals surface area contributed by atoms with Crippen molar-refractivity contribution < 1.29 is 9.53 Å². The summed E-state index contributed by atoms with van der Waals surface area (Å²) in [5, 5.41) is 3.29. The zero-order valence-electron chi connectivity index (χ0n) is 11.0. The van der Waals surface area contributed by atoms with Crippen LogP contribution in [0.1, 0.15) is 27.9 Å². The molecule has 0 aliphatic carbocycles. The van der Waals surface area contributed by atoms with Gasteiger partial charge in [0.2, 0.25) is 0 Å². The molecule has 1 N–H and O–H groups in total. The van der Waals surface area contributed by atoms with Gasteiger partial charge >= 0.3 is 5.97 Å². The van der Waals surface area contributed by atoms with Gasteiger partial charge in [-0.05, 0) is 32.0 Å². The third kappa shape index (κ3) is 3.54. The monoisotopic (exact) mass is 276 g/mol. The molecule has 0 aliphatic rings. The number of aromatic nitrogens is 1. The number of nitrogens with one attached hydrogen (secondary N) is 1. The van der Waals surface area contributed by atoms with Crippen molar-refractivity contribution in [3.05, 3.63) is 45.9 Å². The molecular formula is C14H16N2O2S. The standard InChI is InChI=1S/C14H16N2O2S/c1-3-18-14(17)11-5-4-6-12(7-11)15-8-13-10(2)16-9-19-13/h4-7,9,15H,3,8H2,1-2H3. The number of esters is 1. The molecule has 100 valence electrons. The fourth-order valence-electron chi connectivity index (χ4n) is 1.65. The average molecular weight is 276 g/mol. The molecule has 1 heterocycles. The summed E-state index contributed by atoms with van der Waals surface area (Å²) in [4.78, 5) is 17.0. The van der Waals surface area contributed by atoms with Crippen molar-refractivity contribution in [2.24, 2.45) is 0 Å². The minimum Gasteiger partial charge on any atom is -0.462 e. The summed E-state index contributed by atoms with van der Waals surface area (Å²) in [6.45, 7) is 4.88. The zero-order chi connectivity index (χ0) is 13.7. The number of carbonyl (C=O) groups excluding carboxylic acids is 1. The number of anilines is 1. The van der Waals surface area contributed by atoms with E-state index in [1.807, 2.05) is 24.6 Å². The van der Waals surface area contributed by atoms with E-state index in [-0.39, 0.29) is 5.97 Å². The van der Waals surface area contributed by atoms with Gasteiger partial charge in [-0.2, -0.15) is 0 Å². The molecule has 0 aliphatic heterocycles. The molecule has 19 heavy (non-hydrogen) atoms. The van der Waals surface area contributed by atoms with Gasteiger partial charge in [-0.1, -0.05) is 6.07 Å². The predicted molar refractivity (Wildman–Crippen MR) is 76.6 cm³/mol. The first kappa shape index (κ1) is 13.5. The van der Waals surface area contributed by atoms with Crippen LogP contribution in [0, 0.1) is 6.92 Å². The fourth-order valence-corrected chi connectivity index (χ4v) is 2.37. The van der Waals surface area contributed by atoms with Gasteiger partial charge in [0.1, 0.15) is 0 Å². The molecule has 2 aromatic rings. The predicted octanol–water partition coefficient (Wildman–Crippen LogP) is 3.24. The molecule has 5 heteroatoms. The van der Waals surface area contributed by atoms with Crippen molar-refractivity contribution in [2.75, 3.05) is 11.9 Å². The van der Waals surface area contributed by atoms with Gasteiger partial charge in [-0.3, -0.25) is 0 Å². The van der Waals surface area contributed by atoms with Crippen LogP contribution in [0.5, 0.6) is 0 Å². The smallest absolute Gasteiger partial charge is 0.338 e. The van der Waals surface area contributed by atoms with E-state index in [0.29, 0.717) is 18.7 Å². The molecule has 2 rings (SSSR count). The van der Waals surface area contributed by atoms with Gasteiger partial charge in [-0.15, -0.1) is 11.3 Å². The second-order valence-corrected chi connectivity index (χ2v) is 4.96. The largest absolute Gasteiger partial charge is 0.462 e. The van der Waals surface area contributed by atoms with Gasteiger partial charge in [0.25, 0.3) is 0 Å². The Kier molecular flexibility index (Phi) is 4.52. The van der Waals surface area contributed by atoms with E-state index in [9.17, 15) is 4.79 Å². The Hall–Kier alpha value is -1.88. The number of rotatable bonds is 5. The number of hydrogen-bond donors (Lipinski definition) is 1. The molecule has 0 unspecified atom stereocenters. The Bertz CT molecular complexity index is 566. The first-order chi connectivity index (χ1) is 9.20. The van der Waals surface area contributed by atoms with E-state index < -0.39 is 0 Å². The number of carbonyl (C=O) groups is 1. The third-order valence-electron chi connectivity index (χ3n) is 2.67. The van der Waals surface area contributed by atoms with E-state index in [4.69, 9.17) is 4.74 Å². The van der Waals surface area contributed by atoms with Crippen LogP contribution in [-0.2, 0) is 11.3 Å². The van der Waals surface area contributed by atoms with Gasteiger partial charge in [0.15, 0.2) is 0 Å². The van der Waals surface area contributed by atoms with Crippen molar-refractivity contribution in [1.82, 2.24) is 4.98 Å². The lowest BCUT2D eigenvalue weighted by Crippen LogP contribution is -2.06. The van der Waals surface area contributed by atoms with Gasteiger partial charge in [0.05, 0.1) is 29.9 Å². The topological polar surface area (TPSA) is 51.2 Å². The van der Waals surface area contributed by atoms with Gasteiger partial charge in [0, 0.05) is 10.6 Å². The van der Waals surface area contributed by atoms with E-state index >= 15 is 0 Å². The summed E-state index contributed by atoms with van der Waals surface area (Å²) >= 11 is 1.62. The molecule has 0 bridgehead atoms. The summed E-state index contributed by atoms with van der Waals surface area (Å²) in [5.74, 6) is -0.292. The first-order valence-corrected chi connectivity index (χ1v) is 6.98. The second kappa shape index (κ2) is 6.33. The highest BCUT2D eigenvalue weighted by Gasteiger charge is 2.07. The minimum atomic E-state index is -0.292. The molecule has 0 saturated carbocycles. The lowest BCUT2D eigenvalue weighted by molar-refractivity contribution is 0.0526. The van der Waals surface area contributed by atoms with Crippen LogP contribution >= 0.6 is 11.3 Å². The summed E-state index contributed by atoms with van der Waals surface area (Å²) in [7, 11) is 0. The maximum Gasteiger partial charge on any atom is 0.338 e. The van der Waals surface area contributed by atoms with Crippen LogP contribution in [0.25, 0.3) is 0 Å². The first-order valence-electron chi connectivity index (χ1n) is 6.10. The maximum absolute atomic E-state index is 11.6. The van der Waals surface area contributed by atoms with Crippen molar-refractivity contribution in [1.29, 1.82) is 0 Å². The molecule has 1 aromatic heterocycles. The lowest BCUT2D eigenvalue weighted by Gasteiger charge is -2.07. The summed E-state index contributed by atoms with van der Waals surface area (Å²) in [6.07, 6.45) is 0. The number of nitrogens with zero attached hydrogens (tertiary/aromatic N) is 1. The van der Waals surface area contributed by atoms with E-state index in [2.05, 4.69) is 10.3 Å². The summed E-state index contributed by atoms with van der Waals surface area (Å²) in [6, 6.07) is 7.32. The molecule has 0 saturated heterocycles. The van der Waals surface area contributed by atoms with Crippen LogP contribution in [-0.4, -0.2) is 17.6 Å². The highest BCUT2D eigenvalue weighted by Crippen LogP contribution is 2.16. The molecule has 1 aromatic carbocycles. The van der Waals surface area contributed by atoms with Gasteiger partial charge < -0.3 is 10.1 Å². The molecular weight excluding hydrogens is 260 g/mol. The van der Waals surface area contributed by atoms with E-state index in [1.165, 1.54) is 4.88 Å². The number of ether oxygens (including phenoxy) is 1. The molecule has 0 fully saturated rings. The Labute approximate surface area is 116 Å². The Morgan fingerprint density at radius 3 is 3.00 bits per heavy atom. The van der Waals surface area contributed by atoms with Crippen molar-refractivity contribution >= 4 is 23.0 Å². The fraction of sp³-hybridized carbons (Fsp3) is 0.286. The molecule has 4 nitrogen and oxygen atoms in total. The van der Waals surface area contributed by atoms with Crippen LogP contribution in [0.3, 0.4) is 0 Å². The van der Waals surface area contributed by atoms with Crippen LogP contribution in [0.4, 0.5) is 5.69 Å². The quantitative estimate of drug-likeness (QED) is 0.852. The Morgan fingerprint density at radius 2 is 2.32 bits per heavy atom. The summed E-state index contributed by atoms with van der Waals surface area (Å²) < 4.78 is 4.98. The van der Waals surface area contributed by atoms with Crippen LogP contribution in [0.15, 0.2) is 29.8 Å². The van der Waals surface area contributed by atoms with E-state index in [0.717, 1.165) is 11.4 Å². The highest BCUT2D eigenvalue weighted by atomic mass is 32.1. The number of aryl methyl sites for hydroxylation is 1. The maximum atomic E-state index is 11.6. The Morgan fingerprint density at radius 1 is 1.47 bits per heavy atom. The molecule has 0 amide bonds. The van der Waals surface area contributed by atoms with Crippen molar-refractivity contribution in [3.8, 4) is 0 Å². The van der Waals surface area contributed by atoms with Crippen LogP contribution in [0.2, 0.25) is 0 Å². The lowest BCUT2D eigenvalue weighted by atomic mass is 10.2. The summed E-state index contributed by atoms with van der Waals surface area (Å²) in [5.41, 5.74) is 4.34. The number of benzene rings is 1. The molecule has 0 atom stereocenters. The third-order valence-corrected chi connectivity index (χ3v) is 3.61. The number of thiazole rings is 1. The zero-order valence-corrected chi connectivity index (χ0v) is 11.8. The molecule has 0 radical (unpaired) electrons. The molecule has 0 spiro atoms. The minimum absolute atomic E-state index is 0.292. The van der Waals surface area contributed by atoms with Crippen LogP contribution < -0.4 is 5.32 Å². The van der Waals surface area contributed by atoms with Gasteiger partial charge in [-0.25, -0.2) is 9.78 Å². The van der Waals surface area contributed by atoms with Crippen molar-refractivity contribution in [2.45, 2.75) is 20.4 Å². The van der Waals surface area contributed by atoms with Crippen molar-refractivity contribution in [3.63, 3.8) is 0 Å². The average Bonchev–Trinajstić information content (AvgIpc) is 2.82. The normalized spacial score (nSPS) is 10.2. The number of hydrogen-bond acceptors (Lipinski definition) is 5.